The number of pyridine rings is 1. The number of anilines is 3. The van der Waals surface area contributed by atoms with Gasteiger partial charge in [-0.05, 0) is 38.1 Å². The van der Waals surface area contributed by atoms with Crippen LogP contribution in [-0.4, -0.2) is 35.3 Å². The first-order valence-corrected chi connectivity index (χ1v) is 11.7. The van der Waals surface area contributed by atoms with E-state index in [1.165, 1.54) is 19.2 Å². The van der Waals surface area contributed by atoms with Crippen molar-refractivity contribution in [3.05, 3.63) is 48.3 Å². The van der Waals surface area contributed by atoms with Gasteiger partial charge in [-0.25, -0.2) is 13.4 Å². The third-order valence-electron chi connectivity index (χ3n) is 4.56. The minimum absolute atomic E-state index is 0.0718. The second kappa shape index (κ2) is 8.85. The Balaban J connectivity index is 2.15. The Hall–Kier alpha value is -3.41. The minimum atomic E-state index is -4.75. The largest absolute Gasteiger partial charge is 0.416 e. The molecule has 33 heavy (non-hydrogen) atoms. The van der Waals surface area contributed by atoms with Gasteiger partial charge >= 0.3 is 6.18 Å². The van der Waals surface area contributed by atoms with E-state index in [2.05, 4.69) is 20.7 Å². The van der Waals surface area contributed by atoms with Gasteiger partial charge in [0.1, 0.15) is 5.82 Å². The minimum Gasteiger partial charge on any atom is -0.355 e. The van der Waals surface area contributed by atoms with Gasteiger partial charge in [-0.2, -0.15) is 18.3 Å². The molecule has 0 saturated heterocycles. The van der Waals surface area contributed by atoms with Gasteiger partial charge < -0.3 is 10.6 Å². The fourth-order valence-electron chi connectivity index (χ4n) is 2.99. The molecule has 3 rings (SSSR count). The van der Waals surface area contributed by atoms with Crippen molar-refractivity contribution in [1.29, 1.82) is 0 Å². The van der Waals surface area contributed by atoms with E-state index in [4.69, 9.17) is 0 Å². The lowest BCUT2D eigenvalue weighted by molar-refractivity contribution is -0.137. The molecular weight excluding hydrogens is 459 g/mol. The Morgan fingerprint density at radius 2 is 1.85 bits per heavy atom. The average molecular weight is 482 g/mol. The van der Waals surface area contributed by atoms with Gasteiger partial charge in [-0.15, -0.1) is 0 Å². The van der Waals surface area contributed by atoms with Crippen molar-refractivity contribution in [2.45, 2.75) is 37.9 Å². The fraction of sp³-hybridized carbons (Fsp3) is 0.286. The molecule has 2 N–H and O–H groups in total. The van der Waals surface area contributed by atoms with E-state index in [0.717, 1.165) is 18.4 Å². The molecule has 8 nitrogen and oxygen atoms in total. The zero-order valence-electron chi connectivity index (χ0n) is 18.2. The standard InChI is InChI=1S/C21H22F3N5O3S/c1-12(2)29-6-5-18(28-29)17-11-25-20(26-13(3)30)10-19(17)27-15-7-14(21(22,23)24)8-16(9-15)33(4,31)32/h5-12H,1-4H3,(H2,25,26,27,30). The van der Waals surface area contributed by atoms with Crippen LogP contribution >= 0.6 is 0 Å². The molecule has 176 valence electrons. The summed E-state index contributed by atoms with van der Waals surface area (Å²) in [6.45, 7) is 5.16. The molecule has 2 aromatic heterocycles. The molecule has 3 aromatic rings. The van der Waals surface area contributed by atoms with Crippen molar-refractivity contribution in [2.75, 3.05) is 16.9 Å². The number of benzene rings is 1. The molecule has 12 heteroatoms. The van der Waals surface area contributed by atoms with Crippen molar-refractivity contribution >= 4 is 32.9 Å². The van der Waals surface area contributed by atoms with Crippen LogP contribution in [0.3, 0.4) is 0 Å². The van der Waals surface area contributed by atoms with Crippen molar-refractivity contribution in [3.63, 3.8) is 0 Å². The number of carbonyl (C=O) groups is 1. The monoisotopic (exact) mass is 481 g/mol. The molecule has 0 fully saturated rings. The molecule has 0 aliphatic carbocycles. The molecular formula is C21H22F3N5O3S. The zero-order valence-corrected chi connectivity index (χ0v) is 19.0. The number of alkyl halides is 3. The second-order valence-electron chi connectivity index (χ2n) is 7.71. The Labute approximate surface area is 188 Å². The summed E-state index contributed by atoms with van der Waals surface area (Å²) in [7, 11) is -3.92. The molecule has 1 aromatic carbocycles. The van der Waals surface area contributed by atoms with E-state index < -0.39 is 26.5 Å². The topological polar surface area (TPSA) is 106 Å². The van der Waals surface area contributed by atoms with Gasteiger partial charge in [0.2, 0.25) is 5.91 Å². The number of hydrogen-bond donors (Lipinski definition) is 2. The molecule has 1 amide bonds. The predicted octanol–water partition coefficient (Wildman–Crippen LogP) is 4.65. The number of amides is 1. The Kier molecular flexibility index (Phi) is 6.50. The molecule has 0 aliphatic heterocycles. The van der Waals surface area contributed by atoms with Gasteiger partial charge in [0.05, 0.1) is 21.8 Å². The summed E-state index contributed by atoms with van der Waals surface area (Å²) in [5.41, 5.74) is -0.00351. The maximum absolute atomic E-state index is 13.4. The summed E-state index contributed by atoms with van der Waals surface area (Å²) in [6, 6.07) is 5.73. The first kappa shape index (κ1) is 24.2. The fourth-order valence-corrected chi connectivity index (χ4v) is 3.67. The van der Waals surface area contributed by atoms with Crippen molar-refractivity contribution < 1.29 is 26.4 Å². The second-order valence-corrected chi connectivity index (χ2v) is 9.73. The van der Waals surface area contributed by atoms with E-state index in [1.54, 1.807) is 16.9 Å². The van der Waals surface area contributed by atoms with Crippen LogP contribution in [-0.2, 0) is 20.8 Å². The summed E-state index contributed by atoms with van der Waals surface area (Å²) in [4.78, 5) is 15.1. The molecule has 0 bridgehead atoms. The lowest BCUT2D eigenvalue weighted by Crippen LogP contribution is -2.10. The molecule has 0 spiro atoms. The number of nitrogens with one attached hydrogen (secondary N) is 2. The van der Waals surface area contributed by atoms with Crippen LogP contribution in [0.15, 0.2) is 47.6 Å². The maximum atomic E-state index is 13.4. The van der Waals surface area contributed by atoms with E-state index in [1.807, 2.05) is 13.8 Å². The average Bonchev–Trinajstić information content (AvgIpc) is 3.16. The number of hydrogen-bond acceptors (Lipinski definition) is 6. The summed E-state index contributed by atoms with van der Waals surface area (Å²) < 4.78 is 65.9. The van der Waals surface area contributed by atoms with Crippen LogP contribution in [0.25, 0.3) is 11.3 Å². The maximum Gasteiger partial charge on any atom is 0.416 e. The third-order valence-corrected chi connectivity index (χ3v) is 5.65. The van der Waals surface area contributed by atoms with E-state index in [0.29, 0.717) is 17.3 Å². The van der Waals surface area contributed by atoms with Crippen LogP contribution < -0.4 is 10.6 Å². The highest BCUT2D eigenvalue weighted by molar-refractivity contribution is 7.90. The van der Waals surface area contributed by atoms with Gasteiger partial charge in [0.15, 0.2) is 9.84 Å². The Bertz CT molecular complexity index is 1300. The van der Waals surface area contributed by atoms with Crippen LogP contribution in [0.4, 0.5) is 30.4 Å². The molecule has 0 unspecified atom stereocenters. The highest BCUT2D eigenvalue weighted by Crippen LogP contribution is 2.36. The van der Waals surface area contributed by atoms with Crippen LogP contribution in [0.2, 0.25) is 0 Å². The van der Waals surface area contributed by atoms with Crippen LogP contribution in [0.5, 0.6) is 0 Å². The van der Waals surface area contributed by atoms with Crippen molar-refractivity contribution in [2.24, 2.45) is 0 Å². The smallest absolute Gasteiger partial charge is 0.355 e. The number of nitrogens with zero attached hydrogens (tertiary/aromatic N) is 3. The highest BCUT2D eigenvalue weighted by Gasteiger charge is 2.32. The normalized spacial score (nSPS) is 12.1. The molecule has 2 heterocycles. The third kappa shape index (κ3) is 5.89. The first-order valence-electron chi connectivity index (χ1n) is 9.76. The number of rotatable bonds is 6. The van der Waals surface area contributed by atoms with Gasteiger partial charge in [-0.3, -0.25) is 9.48 Å². The molecule has 0 atom stereocenters. The molecule has 0 radical (unpaired) electrons. The zero-order chi connectivity index (χ0) is 24.6. The van der Waals surface area contributed by atoms with Gasteiger partial charge in [0.25, 0.3) is 0 Å². The number of halogens is 3. The lowest BCUT2D eigenvalue weighted by atomic mass is 10.1. The quantitative estimate of drug-likeness (QED) is 0.531. The highest BCUT2D eigenvalue weighted by atomic mass is 32.2. The van der Waals surface area contributed by atoms with Crippen molar-refractivity contribution in [3.8, 4) is 11.3 Å². The number of carbonyl (C=O) groups excluding carboxylic acids is 1. The summed E-state index contributed by atoms with van der Waals surface area (Å²) in [6.07, 6.45) is -0.754. The first-order chi connectivity index (χ1) is 15.2. The van der Waals surface area contributed by atoms with E-state index in [9.17, 15) is 26.4 Å². The summed E-state index contributed by atoms with van der Waals surface area (Å²) in [5.74, 6) is -0.226. The van der Waals surface area contributed by atoms with Crippen LogP contribution in [0.1, 0.15) is 32.4 Å². The Morgan fingerprint density at radius 1 is 1.15 bits per heavy atom. The summed E-state index contributed by atoms with van der Waals surface area (Å²) in [5, 5.41) is 9.82. The SMILES string of the molecule is CC(=O)Nc1cc(Nc2cc(C(F)(F)F)cc(S(C)(=O)=O)c2)c(-c2ccn(C(C)C)n2)cn1. The molecule has 0 saturated carbocycles. The van der Waals surface area contributed by atoms with Crippen LogP contribution in [0, 0.1) is 0 Å². The predicted molar refractivity (Wildman–Crippen MR) is 118 cm³/mol. The lowest BCUT2D eigenvalue weighted by Gasteiger charge is -2.16. The van der Waals surface area contributed by atoms with E-state index >= 15 is 0 Å². The number of aromatic nitrogens is 3. The van der Waals surface area contributed by atoms with Crippen molar-refractivity contribution in [1.82, 2.24) is 14.8 Å². The number of sulfone groups is 1. The van der Waals surface area contributed by atoms with E-state index in [-0.39, 0.29) is 29.1 Å². The van der Waals surface area contributed by atoms with Gasteiger partial charge in [0, 0.05) is 48.9 Å². The summed E-state index contributed by atoms with van der Waals surface area (Å²) >= 11 is 0. The molecule has 0 aliphatic rings. The Morgan fingerprint density at radius 3 is 2.39 bits per heavy atom. The van der Waals surface area contributed by atoms with Gasteiger partial charge in [-0.1, -0.05) is 0 Å².